The largest absolute Gasteiger partial charge is 0.316 e. The minimum absolute atomic E-state index is 0.181. The number of hydrogen-bond acceptors (Lipinski definition) is 2. The van der Waals surface area contributed by atoms with E-state index in [9.17, 15) is 0 Å². The van der Waals surface area contributed by atoms with Gasteiger partial charge in [0.25, 0.3) is 0 Å². The fourth-order valence-electron chi connectivity index (χ4n) is 0.879. The highest BCUT2D eigenvalue weighted by Gasteiger charge is 1.96. The van der Waals surface area contributed by atoms with E-state index in [-0.39, 0.29) is 6.54 Å². The second-order valence-electron chi connectivity index (χ2n) is 2.12. The molecule has 0 radical (unpaired) electrons. The zero-order valence-corrected chi connectivity index (χ0v) is 5.96. The Morgan fingerprint density at radius 3 is 3.18 bits per heavy atom. The van der Waals surface area contributed by atoms with Gasteiger partial charge in [0.2, 0.25) is 0 Å². The maximum Gasteiger partial charge on any atom is 0.0995 e. The first-order chi connectivity index (χ1) is 6.53. The lowest BCUT2D eigenvalue weighted by atomic mass is 10.1. The molecule has 0 unspecified atom stereocenters. The number of nitrogens with one attached hydrogen (secondary N) is 1. The maximum atomic E-state index is 8.73. The molecule has 1 aromatic rings. The van der Waals surface area contributed by atoms with E-state index in [4.69, 9.17) is 9.37 Å². The monoisotopic (exact) mass is 149 g/mol. The van der Waals surface area contributed by atoms with Gasteiger partial charge in [0.1, 0.15) is 0 Å². The molecule has 0 atom stereocenters. The summed E-state index contributed by atoms with van der Waals surface area (Å²) in [5.74, 6) is 0. The third-order valence-electron chi connectivity index (χ3n) is 1.42. The Morgan fingerprint density at radius 2 is 2.45 bits per heavy atom. The van der Waals surface area contributed by atoms with Gasteiger partial charge in [-0.05, 0) is 18.6 Å². The number of rotatable bonds is 2. The van der Waals surface area contributed by atoms with Crippen molar-refractivity contribution in [2.45, 2.75) is 6.54 Å². The van der Waals surface area contributed by atoms with Crippen LogP contribution in [-0.2, 0) is 6.54 Å². The molecule has 0 aliphatic heterocycles. The van der Waals surface area contributed by atoms with Crippen LogP contribution in [0.2, 0.25) is 0 Å². The highest BCUT2D eigenvalue weighted by molar-refractivity contribution is 5.37. The lowest BCUT2D eigenvalue weighted by molar-refractivity contribution is 0.815. The molecule has 11 heavy (non-hydrogen) atoms. The molecule has 1 rings (SSSR count). The predicted octanol–water partition coefficient (Wildman–Crippen LogP) is 1.28. The summed E-state index contributed by atoms with van der Waals surface area (Å²) in [6.07, 6.45) is 0. The molecule has 0 heterocycles. The summed E-state index contributed by atoms with van der Waals surface area (Å²) in [6.45, 7) is -1.98. The normalized spacial score (nSPS) is 14.3. The van der Waals surface area contributed by atoms with E-state index >= 15 is 0 Å². The van der Waals surface area contributed by atoms with E-state index in [0.29, 0.717) is 11.1 Å². The van der Waals surface area contributed by atoms with E-state index < -0.39 is 6.98 Å². The summed E-state index contributed by atoms with van der Waals surface area (Å²) in [5.41, 5.74) is 1.20. The summed E-state index contributed by atoms with van der Waals surface area (Å²) < 4.78 is 20.8. The van der Waals surface area contributed by atoms with Crippen LogP contribution in [0.4, 0.5) is 0 Å². The van der Waals surface area contributed by atoms with Crippen LogP contribution in [0.15, 0.2) is 24.3 Å². The third-order valence-corrected chi connectivity index (χ3v) is 1.42. The highest BCUT2D eigenvalue weighted by Crippen LogP contribution is 2.05. The molecule has 1 N–H and O–H groups in total. The first-order valence-electron chi connectivity index (χ1n) is 4.76. The lowest BCUT2D eigenvalue weighted by Crippen LogP contribution is -2.06. The van der Waals surface area contributed by atoms with Gasteiger partial charge >= 0.3 is 0 Å². The van der Waals surface area contributed by atoms with Crippen LogP contribution in [-0.4, -0.2) is 6.98 Å². The quantitative estimate of drug-likeness (QED) is 0.687. The van der Waals surface area contributed by atoms with Gasteiger partial charge in [-0.1, -0.05) is 18.2 Å². The Balaban J connectivity index is 2.73. The van der Waals surface area contributed by atoms with Gasteiger partial charge in [-0.25, -0.2) is 0 Å². The molecule has 0 saturated carbocycles. The van der Waals surface area contributed by atoms with Crippen molar-refractivity contribution >= 4 is 0 Å². The van der Waals surface area contributed by atoms with Gasteiger partial charge in [0.15, 0.2) is 0 Å². The van der Waals surface area contributed by atoms with Crippen molar-refractivity contribution in [2.24, 2.45) is 0 Å². The van der Waals surface area contributed by atoms with Crippen molar-refractivity contribution in [1.82, 2.24) is 5.32 Å². The smallest absolute Gasteiger partial charge is 0.0995 e. The Kier molecular flexibility index (Phi) is 1.54. The molecule has 0 aromatic heterocycles. The van der Waals surface area contributed by atoms with Gasteiger partial charge < -0.3 is 5.32 Å². The van der Waals surface area contributed by atoms with Crippen LogP contribution in [0.1, 0.15) is 15.2 Å². The second kappa shape index (κ2) is 3.75. The molecular weight excluding hydrogens is 136 g/mol. The Hall–Kier alpha value is -1.33. The van der Waals surface area contributed by atoms with Crippen LogP contribution >= 0.6 is 0 Å². The summed E-state index contributed by atoms with van der Waals surface area (Å²) in [4.78, 5) is 0. The van der Waals surface area contributed by atoms with Crippen LogP contribution in [0.25, 0.3) is 0 Å². The van der Waals surface area contributed by atoms with Crippen LogP contribution < -0.4 is 5.32 Å². The zero-order chi connectivity index (χ0) is 10.6. The van der Waals surface area contributed by atoms with Crippen molar-refractivity contribution in [1.29, 1.82) is 5.26 Å². The summed E-state index contributed by atoms with van der Waals surface area (Å²) >= 11 is 0. The molecule has 0 aliphatic rings. The molecule has 0 aliphatic carbocycles. The highest BCUT2D eigenvalue weighted by atomic mass is 14.8. The first kappa shape index (κ1) is 4.53. The number of nitriles is 1. The SMILES string of the molecule is [2H]C([2H])([2H])NCc1ccccc1C#N. The van der Waals surface area contributed by atoms with Gasteiger partial charge in [0, 0.05) is 10.7 Å². The number of hydrogen-bond donors (Lipinski definition) is 1. The van der Waals surface area contributed by atoms with Crippen LogP contribution in [0, 0.1) is 11.3 Å². The third kappa shape index (κ3) is 1.79. The Bertz CT molecular complexity index is 352. The van der Waals surface area contributed by atoms with Crippen molar-refractivity contribution in [3.05, 3.63) is 35.4 Å². The molecule has 0 bridgehead atoms. The second-order valence-corrected chi connectivity index (χ2v) is 2.12. The fraction of sp³-hybridized carbons (Fsp3) is 0.222. The van der Waals surface area contributed by atoms with Crippen LogP contribution in [0.5, 0.6) is 0 Å². The molecule has 0 fully saturated rings. The van der Waals surface area contributed by atoms with Crippen molar-refractivity contribution in [3.8, 4) is 6.07 Å². The van der Waals surface area contributed by atoms with Gasteiger partial charge in [-0.2, -0.15) is 5.26 Å². The maximum absolute atomic E-state index is 8.73. The van der Waals surface area contributed by atoms with E-state index in [1.807, 2.05) is 6.07 Å². The van der Waals surface area contributed by atoms with Crippen molar-refractivity contribution in [2.75, 3.05) is 6.98 Å². The standard InChI is InChI=1S/C9H10N2/c1-11-7-9-5-3-2-4-8(9)6-10/h2-5,11H,7H2,1H3/i1D3. The Morgan fingerprint density at radius 1 is 1.64 bits per heavy atom. The Labute approximate surface area is 70.7 Å². The van der Waals surface area contributed by atoms with Crippen LogP contribution in [0.3, 0.4) is 0 Å². The van der Waals surface area contributed by atoms with Gasteiger partial charge in [-0.15, -0.1) is 0 Å². The first-order valence-corrected chi connectivity index (χ1v) is 3.26. The van der Waals surface area contributed by atoms with Gasteiger partial charge in [-0.3, -0.25) is 0 Å². The summed E-state index contributed by atoms with van der Waals surface area (Å²) in [6, 6.07) is 8.93. The fourth-order valence-corrected chi connectivity index (χ4v) is 0.879. The van der Waals surface area contributed by atoms with E-state index in [2.05, 4.69) is 5.32 Å². The molecule has 0 amide bonds. The average molecular weight is 149 g/mol. The molecule has 56 valence electrons. The van der Waals surface area contributed by atoms with Gasteiger partial charge in [0.05, 0.1) is 11.6 Å². The minimum Gasteiger partial charge on any atom is -0.316 e. The lowest BCUT2D eigenvalue weighted by Gasteiger charge is -2.00. The molecular formula is C9H10N2. The van der Waals surface area contributed by atoms with E-state index in [0.717, 1.165) is 0 Å². The predicted molar refractivity (Wildman–Crippen MR) is 43.9 cm³/mol. The van der Waals surface area contributed by atoms with Crippen molar-refractivity contribution < 1.29 is 4.11 Å². The molecule has 0 saturated heterocycles. The topological polar surface area (TPSA) is 35.8 Å². The van der Waals surface area contributed by atoms with E-state index in [1.165, 1.54) is 0 Å². The van der Waals surface area contributed by atoms with Crippen molar-refractivity contribution in [3.63, 3.8) is 0 Å². The minimum atomic E-state index is -2.16. The average Bonchev–Trinajstić information content (AvgIpc) is 2.14. The molecule has 2 nitrogen and oxygen atoms in total. The summed E-state index contributed by atoms with van der Waals surface area (Å²) in [5, 5.41) is 11.1. The summed E-state index contributed by atoms with van der Waals surface area (Å²) in [7, 11) is 0. The molecule has 2 heteroatoms. The molecule has 0 spiro atoms. The molecule has 1 aromatic carbocycles. The zero-order valence-electron chi connectivity index (χ0n) is 8.96. The number of nitrogens with zero attached hydrogens (tertiary/aromatic N) is 1. The number of benzene rings is 1. The van der Waals surface area contributed by atoms with E-state index in [1.54, 1.807) is 24.3 Å².